The van der Waals surface area contributed by atoms with E-state index in [2.05, 4.69) is 55.2 Å². The van der Waals surface area contributed by atoms with Gasteiger partial charge >= 0.3 is 0 Å². The predicted molar refractivity (Wildman–Crippen MR) is 107 cm³/mol. The molecule has 3 aromatic rings. The highest BCUT2D eigenvalue weighted by atomic mass is 16.5. The first-order chi connectivity index (χ1) is 12.5. The normalized spacial score (nSPS) is 10.7. The summed E-state index contributed by atoms with van der Waals surface area (Å²) in [7, 11) is 1.83. The number of benzene rings is 2. The van der Waals surface area contributed by atoms with Crippen LogP contribution < -0.4 is 15.6 Å². The predicted octanol–water partition coefficient (Wildman–Crippen LogP) is 4.56. The highest BCUT2D eigenvalue weighted by Crippen LogP contribution is 2.27. The van der Waals surface area contributed by atoms with Gasteiger partial charge in [0.15, 0.2) is 0 Å². The van der Waals surface area contributed by atoms with E-state index in [1.165, 1.54) is 5.56 Å². The highest BCUT2D eigenvalue weighted by molar-refractivity contribution is 5.64. The zero-order valence-corrected chi connectivity index (χ0v) is 15.8. The number of nitrogens with two attached hydrogens (primary N) is 1. The van der Waals surface area contributed by atoms with Crippen molar-refractivity contribution < 1.29 is 4.74 Å². The maximum absolute atomic E-state index is 6.02. The van der Waals surface area contributed by atoms with Crippen LogP contribution >= 0.6 is 0 Å². The molecule has 0 bridgehead atoms. The molecule has 0 amide bonds. The van der Waals surface area contributed by atoms with Crippen LogP contribution in [0.5, 0.6) is 5.88 Å². The zero-order chi connectivity index (χ0) is 18.7. The molecule has 0 unspecified atom stereocenters. The smallest absolute Gasteiger partial charge is 0.216 e. The van der Waals surface area contributed by atoms with E-state index in [0.29, 0.717) is 12.5 Å². The lowest BCUT2D eigenvalue weighted by molar-refractivity contribution is 0.291. The lowest BCUT2D eigenvalue weighted by Gasteiger charge is -2.19. The molecule has 0 saturated heterocycles. The fourth-order valence-corrected chi connectivity index (χ4v) is 3.04. The Labute approximate surface area is 155 Å². The number of rotatable bonds is 5. The molecule has 2 aromatic carbocycles. The van der Waals surface area contributed by atoms with Crippen molar-refractivity contribution in [3.05, 3.63) is 77.0 Å². The summed E-state index contributed by atoms with van der Waals surface area (Å²) in [6.45, 7) is 6.61. The first-order valence-electron chi connectivity index (χ1n) is 8.69. The van der Waals surface area contributed by atoms with E-state index >= 15 is 0 Å². The van der Waals surface area contributed by atoms with Crippen LogP contribution in [0.2, 0.25) is 0 Å². The van der Waals surface area contributed by atoms with Crippen LogP contribution in [0.25, 0.3) is 11.1 Å². The number of hydrazine groups is 1. The summed E-state index contributed by atoms with van der Waals surface area (Å²) in [4.78, 5) is 4.54. The van der Waals surface area contributed by atoms with Crippen LogP contribution in [0.1, 0.15) is 22.3 Å². The van der Waals surface area contributed by atoms with Gasteiger partial charge in [0, 0.05) is 29.9 Å². The minimum atomic E-state index is 0.432. The summed E-state index contributed by atoms with van der Waals surface area (Å²) < 4.78 is 6.02. The monoisotopic (exact) mass is 347 g/mol. The van der Waals surface area contributed by atoms with E-state index in [0.717, 1.165) is 33.5 Å². The van der Waals surface area contributed by atoms with Gasteiger partial charge in [-0.05, 0) is 44.0 Å². The Balaban J connectivity index is 1.82. The van der Waals surface area contributed by atoms with Crippen molar-refractivity contribution >= 4 is 5.69 Å². The van der Waals surface area contributed by atoms with Gasteiger partial charge < -0.3 is 9.75 Å². The standard InChI is InChI=1S/C22H25N3O/c1-15-7-5-9-18(11-15)19-12-17(3)22(24-13-19)26-14-20-16(2)8-6-10-21(20)25(4)23/h5-13H,14,23H2,1-4H3. The van der Waals surface area contributed by atoms with Crippen molar-refractivity contribution in [1.29, 1.82) is 0 Å². The zero-order valence-electron chi connectivity index (χ0n) is 15.8. The molecule has 3 rings (SSSR count). The molecule has 4 heteroatoms. The number of hydrogen-bond acceptors (Lipinski definition) is 4. The van der Waals surface area contributed by atoms with Crippen molar-refractivity contribution in [2.75, 3.05) is 12.1 Å². The van der Waals surface area contributed by atoms with E-state index in [1.54, 1.807) is 5.01 Å². The van der Waals surface area contributed by atoms with Crippen LogP contribution in [-0.2, 0) is 6.61 Å². The maximum atomic E-state index is 6.02. The highest BCUT2D eigenvalue weighted by Gasteiger charge is 2.11. The number of ether oxygens (including phenoxy) is 1. The number of nitrogens with zero attached hydrogens (tertiary/aromatic N) is 2. The molecular weight excluding hydrogens is 322 g/mol. The number of hydrogen-bond donors (Lipinski definition) is 1. The van der Waals surface area contributed by atoms with Gasteiger partial charge in [0.05, 0.1) is 5.69 Å². The van der Waals surface area contributed by atoms with Crippen molar-refractivity contribution in [3.63, 3.8) is 0 Å². The maximum Gasteiger partial charge on any atom is 0.216 e. The summed E-state index contributed by atoms with van der Waals surface area (Å²) in [5.74, 6) is 6.59. The van der Waals surface area contributed by atoms with Crippen LogP contribution in [-0.4, -0.2) is 12.0 Å². The Morgan fingerprint density at radius 3 is 2.42 bits per heavy atom. The van der Waals surface area contributed by atoms with E-state index in [9.17, 15) is 0 Å². The quantitative estimate of drug-likeness (QED) is 0.543. The van der Waals surface area contributed by atoms with Crippen LogP contribution in [0.4, 0.5) is 5.69 Å². The second-order valence-electron chi connectivity index (χ2n) is 6.69. The van der Waals surface area contributed by atoms with Gasteiger partial charge in [-0.15, -0.1) is 0 Å². The Bertz CT molecular complexity index is 919. The van der Waals surface area contributed by atoms with E-state index in [-0.39, 0.29) is 0 Å². The fourth-order valence-electron chi connectivity index (χ4n) is 3.04. The molecule has 0 aliphatic rings. The molecule has 1 aromatic heterocycles. The SMILES string of the molecule is Cc1cccc(-c2cnc(OCc3c(C)cccc3N(C)N)c(C)c2)c1. The van der Waals surface area contributed by atoms with Gasteiger partial charge in [-0.25, -0.2) is 10.8 Å². The van der Waals surface area contributed by atoms with Crippen molar-refractivity contribution in [3.8, 4) is 17.0 Å². The molecule has 0 atom stereocenters. The molecule has 0 aliphatic carbocycles. The van der Waals surface area contributed by atoms with Crippen molar-refractivity contribution in [2.45, 2.75) is 27.4 Å². The number of pyridine rings is 1. The lowest BCUT2D eigenvalue weighted by atomic mass is 10.0. The average molecular weight is 347 g/mol. The third-order valence-electron chi connectivity index (χ3n) is 4.50. The second-order valence-corrected chi connectivity index (χ2v) is 6.69. The third-order valence-corrected chi connectivity index (χ3v) is 4.50. The van der Waals surface area contributed by atoms with Gasteiger partial charge in [0.25, 0.3) is 0 Å². The molecule has 2 N–H and O–H groups in total. The van der Waals surface area contributed by atoms with Gasteiger partial charge in [-0.3, -0.25) is 0 Å². The molecular formula is C22H25N3O. The first-order valence-corrected chi connectivity index (χ1v) is 8.69. The summed E-state index contributed by atoms with van der Waals surface area (Å²) in [5.41, 5.74) is 7.68. The molecule has 0 radical (unpaired) electrons. The second kappa shape index (κ2) is 7.58. The Morgan fingerprint density at radius 2 is 1.73 bits per heavy atom. The number of anilines is 1. The minimum absolute atomic E-state index is 0.432. The van der Waals surface area contributed by atoms with Crippen LogP contribution in [0.15, 0.2) is 54.7 Å². The van der Waals surface area contributed by atoms with Gasteiger partial charge in [-0.1, -0.05) is 42.0 Å². The Kier molecular flexibility index (Phi) is 5.24. The fraction of sp³-hybridized carbons (Fsp3) is 0.227. The summed E-state index contributed by atoms with van der Waals surface area (Å²) >= 11 is 0. The van der Waals surface area contributed by atoms with Crippen molar-refractivity contribution in [2.24, 2.45) is 5.84 Å². The molecule has 0 aliphatic heterocycles. The number of aromatic nitrogens is 1. The molecule has 134 valence electrons. The molecule has 0 saturated carbocycles. The Hall–Kier alpha value is -2.85. The number of aryl methyl sites for hydroxylation is 3. The third kappa shape index (κ3) is 3.86. The van der Waals surface area contributed by atoms with Gasteiger partial charge in [-0.2, -0.15) is 0 Å². The first kappa shape index (κ1) is 18.0. The van der Waals surface area contributed by atoms with E-state index in [1.807, 2.05) is 32.3 Å². The van der Waals surface area contributed by atoms with Gasteiger partial charge in [0.2, 0.25) is 5.88 Å². The molecule has 0 fully saturated rings. The summed E-state index contributed by atoms with van der Waals surface area (Å²) in [6, 6.07) is 16.6. The van der Waals surface area contributed by atoms with E-state index in [4.69, 9.17) is 10.6 Å². The average Bonchev–Trinajstić information content (AvgIpc) is 2.61. The van der Waals surface area contributed by atoms with Crippen molar-refractivity contribution in [1.82, 2.24) is 4.98 Å². The van der Waals surface area contributed by atoms with Crippen LogP contribution in [0.3, 0.4) is 0 Å². The van der Waals surface area contributed by atoms with E-state index < -0.39 is 0 Å². The largest absolute Gasteiger partial charge is 0.473 e. The van der Waals surface area contributed by atoms with Crippen LogP contribution in [0, 0.1) is 20.8 Å². The molecule has 0 spiro atoms. The summed E-state index contributed by atoms with van der Waals surface area (Å²) in [5, 5.41) is 1.62. The van der Waals surface area contributed by atoms with Gasteiger partial charge in [0.1, 0.15) is 6.61 Å². The molecule has 1 heterocycles. The summed E-state index contributed by atoms with van der Waals surface area (Å²) in [6.07, 6.45) is 1.87. The Morgan fingerprint density at radius 1 is 0.962 bits per heavy atom. The molecule has 26 heavy (non-hydrogen) atoms. The minimum Gasteiger partial charge on any atom is -0.473 e. The lowest BCUT2D eigenvalue weighted by Crippen LogP contribution is -2.26. The molecule has 4 nitrogen and oxygen atoms in total. The topological polar surface area (TPSA) is 51.4 Å².